The van der Waals surface area contributed by atoms with E-state index in [1.54, 1.807) is 6.07 Å². The van der Waals surface area contributed by atoms with Crippen LogP contribution in [0.3, 0.4) is 0 Å². The molecule has 0 atom stereocenters. The molecule has 0 fully saturated rings. The fourth-order valence-corrected chi connectivity index (χ4v) is 2.13. The number of benzene rings is 1. The number of hydrogen-bond acceptors (Lipinski definition) is 2. The number of hydrogen-bond donors (Lipinski definition) is 0. The minimum atomic E-state index is -2.88. The second kappa shape index (κ2) is 6.48. The maximum atomic E-state index is 12.0. The summed E-state index contributed by atoms with van der Waals surface area (Å²) < 4.78 is 29.0. The first-order chi connectivity index (χ1) is 7.52. The number of alkyl halides is 3. The van der Waals surface area contributed by atoms with Crippen molar-refractivity contribution in [3.63, 3.8) is 0 Å². The lowest BCUT2D eigenvalue weighted by Crippen LogP contribution is -2.05. The van der Waals surface area contributed by atoms with Gasteiger partial charge in [-0.25, -0.2) is 0 Å². The largest absolute Gasteiger partial charge is 0.435 e. The van der Waals surface area contributed by atoms with Crippen LogP contribution in [0.25, 0.3) is 0 Å². The van der Waals surface area contributed by atoms with E-state index in [0.29, 0.717) is 20.9 Å². The van der Waals surface area contributed by atoms with Crippen LogP contribution in [-0.2, 0) is 0 Å². The van der Waals surface area contributed by atoms with E-state index >= 15 is 0 Å². The Labute approximate surface area is 114 Å². The van der Waals surface area contributed by atoms with Crippen molar-refractivity contribution >= 4 is 44.3 Å². The van der Waals surface area contributed by atoms with E-state index in [2.05, 4.69) is 20.7 Å². The zero-order valence-corrected chi connectivity index (χ0v) is 11.8. The second-order valence-corrected chi connectivity index (χ2v) is 4.95. The molecule has 0 aliphatic heterocycles. The molecule has 2 nitrogen and oxygen atoms in total. The molecule has 0 aliphatic rings. The predicted molar refractivity (Wildman–Crippen MR) is 68.5 cm³/mol. The molecule has 1 rings (SSSR count). The van der Waals surface area contributed by atoms with E-state index in [4.69, 9.17) is 0 Å². The number of Topliss-reactive ketones (excluding diaryl/α,β-unsaturated/α-hetero) is 1. The van der Waals surface area contributed by atoms with Crippen molar-refractivity contribution in [1.29, 1.82) is 0 Å². The molecule has 16 heavy (non-hydrogen) atoms. The Kier molecular flexibility index (Phi) is 5.60. The van der Waals surface area contributed by atoms with Gasteiger partial charge in [-0.05, 0) is 40.8 Å². The van der Waals surface area contributed by atoms with E-state index in [1.807, 2.05) is 22.6 Å². The van der Waals surface area contributed by atoms with E-state index in [9.17, 15) is 13.6 Å². The van der Waals surface area contributed by atoms with Gasteiger partial charge in [0.05, 0.1) is 0 Å². The monoisotopic (exact) mass is 404 g/mol. The van der Waals surface area contributed by atoms with E-state index < -0.39 is 6.61 Å². The molecule has 0 aromatic heterocycles. The molecule has 0 amide bonds. The van der Waals surface area contributed by atoms with Gasteiger partial charge in [0.1, 0.15) is 5.75 Å². The minimum absolute atomic E-state index is 0.0137. The summed E-state index contributed by atoms with van der Waals surface area (Å²) in [4.78, 5) is 11.6. The Morgan fingerprint density at radius 1 is 1.44 bits per heavy atom. The average molecular weight is 405 g/mol. The topological polar surface area (TPSA) is 26.3 Å². The van der Waals surface area contributed by atoms with Gasteiger partial charge in [0.25, 0.3) is 0 Å². The first kappa shape index (κ1) is 13.8. The summed E-state index contributed by atoms with van der Waals surface area (Å²) >= 11 is 5.10. The summed E-state index contributed by atoms with van der Waals surface area (Å²) in [6, 6.07) is 4.43. The van der Waals surface area contributed by atoms with Gasteiger partial charge in [-0.1, -0.05) is 15.9 Å². The average Bonchev–Trinajstić information content (AvgIpc) is 2.15. The van der Waals surface area contributed by atoms with Gasteiger partial charge in [-0.2, -0.15) is 8.78 Å². The third-order valence-corrected chi connectivity index (χ3v) is 2.76. The van der Waals surface area contributed by atoms with Crippen LogP contribution >= 0.6 is 38.5 Å². The molecule has 88 valence electrons. The van der Waals surface area contributed by atoms with Crippen molar-refractivity contribution in [2.45, 2.75) is 13.0 Å². The van der Waals surface area contributed by atoms with Gasteiger partial charge in [-0.3, -0.25) is 4.79 Å². The highest BCUT2D eigenvalue weighted by Crippen LogP contribution is 2.21. The van der Waals surface area contributed by atoms with Gasteiger partial charge < -0.3 is 4.74 Å². The van der Waals surface area contributed by atoms with Crippen molar-refractivity contribution in [3.8, 4) is 5.75 Å². The molecule has 0 radical (unpaired) electrons. The van der Waals surface area contributed by atoms with E-state index in [-0.39, 0.29) is 11.5 Å². The van der Waals surface area contributed by atoms with Crippen LogP contribution in [0.15, 0.2) is 18.2 Å². The van der Waals surface area contributed by atoms with Crippen LogP contribution in [0.4, 0.5) is 8.78 Å². The number of halogens is 4. The molecular formula is C10H8BrF2IO2. The molecule has 0 aliphatic carbocycles. The second-order valence-electron chi connectivity index (χ2n) is 2.92. The fourth-order valence-electron chi connectivity index (χ4n) is 1.12. The molecule has 0 bridgehead atoms. The molecular weight excluding hydrogens is 397 g/mol. The molecule has 0 unspecified atom stereocenters. The quantitative estimate of drug-likeness (QED) is 0.423. The van der Waals surface area contributed by atoms with Crippen LogP contribution in [0.2, 0.25) is 0 Å². The van der Waals surface area contributed by atoms with Crippen LogP contribution in [0, 0.1) is 3.57 Å². The van der Waals surface area contributed by atoms with Gasteiger partial charge in [0, 0.05) is 20.9 Å². The summed E-state index contributed by atoms with van der Waals surface area (Å²) in [6.45, 7) is -2.88. The van der Waals surface area contributed by atoms with Crippen molar-refractivity contribution in [2.75, 3.05) is 5.33 Å². The maximum absolute atomic E-state index is 12.0. The number of ether oxygens (including phenoxy) is 1. The Morgan fingerprint density at radius 2 is 2.12 bits per heavy atom. The van der Waals surface area contributed by atoms with Crippen molar-refractivity contribution in [3.05, 3.63) is 27.3 Å². The standard InChI is InChI=1S/C10H8BrF2IO2/c11-2-1-9(15)6-3-7(14)5-8(4-6)16-10(12)13/h3-5,10H,1-2H2. The highest BCUT2D eigenvalue weighted by Gasteiger charge is 2.10. The Hall–Kier alpha value is -0.240. The highest BCUT2D eigenvalue weighted by molar-refractivity contribution is 14.1. The zero-order valence-electron chi connectivity index (χ0n) is 8.05. The lowest BCUT2D eigenvalue weighted by molar-refractivity contribution is -0.0499. The Bertz CT molecular complexity index is 385. The van der Waals surface area contributed by atoms with Crippen LogP contribution in [0.1, 0.15) is 16.8 Å². The van der Waals surface area contributed by atoms with E-state index in [0.717, 1.165) is 0 Å². The minimum Gasteiger partial charge on any atom is -0.435 e. The number of ketones is 1. The molecule has 1 aromatic rings. The molecule has 0 N–H and O–H groups in total. The lowest BCUT2D eigenvalue weighted by atomic mass is 10.1. The third-order valence-electron chi connectivity index (χ3n) is 1.74. The summed E-state index contributed by atoms with van der Waals surface area (Å²) in [5.74, 6) is -0.0886. The molecule has 0 saturated heterocycles. The summed E-state index contributed by atoms with van der Waals surface area (Å²) in [5, 5.41) is 0.544. The van der Waals surface area contributed by atoms with Crippen molar-refractivity contribution in [2.24, 2.45) is 0 Å². The predicted octanol–water partition coefficient (Wildman–Crippen LogP) is 3.86. The fraction of sp³-hybridized carbons (Fsp3) is 0.300. The molecule has 6 heteroatoms. The van der Waals surface area contributed by atoms with Crippen LogP contribution in [0.5, 0.6) is 5.75 Å². The highest BCUT2D eigenvalue weighted by atomic mass is 127. The molecule has 1 aromatic carbocycles. The summed E-state index contributed by atoms with van der Waals surface area (Å²) in [5.41, 5.74) is 0.391. The Balaban J connectivity index is 2.93. The third kappa shape index (κ3) is 4.32. The summed E-state index contributed by atoms with van der Waals surface area (Å²) in [6.07, 6.45) is 0.328. The normalized spacial score (nSPS) is 10.6. The molecule has 0 spiro atoms. The smallest absolute Gasteiger partial charge is 0.387 e. The molecule has 0 saturated carbocycles. The van der Waals surface area contributed by atoms with Crippen LogP contribution < -0.4 is 4.74 Å². The van der Waals surface area contributed by atoms with Crippen LogP contribution in [-0.4, -0.2) is 17.7 Å². The van der Waals surface area contributed by atoms with Gasteiger partial charge in [0.15, 0.2) is 5.78 Å². The van der Waals surface area contributed by atoms with Gasteiger partial charge in [-0.15, -0.1) is 0 Å². The zero-order chi connectivity index (χ0) is 12.1. The van der Waals surface area contributed by atoms with E-state index in [1.165, 1.54) is 12.1 Å². The summed E-state index contributed by atoms with van der Waals surface area (Å²) in [7, 11) is 0. The first-order valence-electron chi connectivity index (χ1n) is 4.37. The Morgan fingerprint density at radius 3 is 2.69 bits per heavy atom. The van der Waals surface area contributed by atoms with Gasteiger partial charge >= 0.3 is 6.61 Å². The number of carbonyl (C=O) groups is 1. The maximum Gasteiger partial charge on any atom is 0.387 e. The van der Waals surface area contributed by atoms with Crippen molar-refractivity contribution in [1.82, 2.24) is 0 Å². The number of carbonyl (C=O) groups excluding carboxylic acids is 1. The number of rotatable bonds is 5. The SMILES string of the molecule is O=C(CCBr)c1cc(I)cc(OC(F)F)c1. The molecule has 0 heterocycles. The van der Waals surface area contributed by atoms with Gasteiger partial charge in [0.2, 0.25) is 0 Å². The lowest BCUT2D eigenvalue weighted by Gasteiger charge is -2.07. The van der Waals surface area contributed by atoms with Crippen molar-refractivity contribution < 1.29 is 18.3 Å². The first-order valence-corrected chi connectivity index (χ1v) is 6.57.